The van der Waals surface area contributed by atoms with Crippen LogP contribution >= 0.6 is 0 Å². The molecule has 2 heterocycles. The average molecular weight is 242 g/mol. The fraction of sp³-hybridized carbons (Fsp3) is 0.917. The predicted octanol–water partition coefficient (Wildman–Crippen LogP) is -0.0939. The lowest BCUT2D eigenvalue weighted by molar-refractivity contribution is -0.126. The summed E-state index contributed by atoms with van der Waals surface area (Å²) in [6, 6.07) is 0.132. The second-order valence-corrected chi connectivity index (χ2v) is 5.16. The molecule has 0 aromatic heterocycles. The number of hydrogen-bond acceptors (Lipinski definition) is 4. The molecule has 0 aromatic rings. The second-order valence-electron chi connectivity index (χ2n) is 5.16. The molecule has 0 bridgehead atoms. The molecule has 2 rings (SSSR count). The number of carbonyl (C=O) groups is 1. The summed E-state index contributed by atoms with van der Waals surface area (Å²) in [6.45, 7) is 4.58. The van der Waals surface area contributed by atoms with Crippen LogP contribution in [0.2, 0.25) is 0 Å². The highest BCUT2D eigenvalue weighted by atomic mass is 16.5. The summed E-state index contributed by atoms with van der Waals surface area (Å²) in [6.07, 6.45) is 2.10. The maximum atomic E-state index is 12.0. The third-order valence-corrected chi connectivity index (χ3v) is 3.73. The Hall–Kier alpha value is -0.650. The highest BCUT2D eigenvalue weighted by molar-refractivity contribution is 5.79. The Labute approximate surface area is 102 Å². The van der Waals surface area contributed by atoms with E-state index in [0.29, 0.717) is 19.8 Å². The molecule has 2 aliphatic heterocycles. The van der Waals surface area contributed by atoms with Crippen LogP contribution in [0.3, 0.4) is 0 Å². The monoisotopic (exact) mass is 242 g/mol. The summed E-state index contributed by atoms with van der Waals surface area (Å²) >= 11 is 0. The number of ether oxygens (including phenoxy) is 2. The first-order chi connectivity index (χ1) is 8.14. The van der Waals surface area contributed by atoms with Gasteiger partial charge in [0.15, 0.2) is 0 Å². The van der Waals surface area contributed by atoms with Gasteiger partial charge in [0.2, 0.25) is 5.91 Å². The van der Waals surface area contributed by atoms with Crippen molar-refractivity contribution in [2.24, 2.45) is 5.92 Å². The van der Waals surface area contributed by atoms with Crippen molar-refractivity contribution >= 4 is 5.91 Å². The molecule has 5 nitrogen and oxygen atoms in total. The number of rotatable bonds is 4. The first-order valence-electron chi connectivity index (χ1n) is 6.31. The number of amides is 1. The summed E-state index contributed by atoms with van der Waals surface area (Å²) in [5.74, 6) is -0.0106. The van der Waals surface area contributed by atoms with Gasteiger partial charge in [-0.05, 0) is 26.8 Å². The van der Waals surface area contributed by atoms with Crippen molar-refractivity contribution in [3.63, 3.8) is 0 Å². The lowest BCUT2D eigenvalue weighted by Gasteiger charge is -2.25. The van der Waals surface area contributed by atoms with E-state index in [-0.39, 0.29) is 23.5 Å². The molecule has 0 aromatic carbocycles. The largest absolute Gasteiger partial charge is 0.379 e. The molecule has 0 aliphatic carbocycles. The average Bonchev–Trinajstić information content (AvgIpc) is 2.95. The molecule has 2 fully saturated rings. The van der Waals surface area contributed by atoms with Gasteiger partial charge in [-0.2, -0.15) is 0 Å². The zero-order valence-corrected chi connectivity index (χ0v) is 10.6. The number of carbonyl (C=O) groups excluding carboxylic acids is 1. The Morgan fingerprint density at radius 1 is 1.47 bits per heavy atom. The molecular weight excluding hydrogens is 220 g/mol. The molecule has 0 radical (unpaired) electrons. The molecule has 2 N–H and O–H groups in total. The van der Waals surface area contributed by atoms with Crippen molar-refractivity contribution in [2.45, 2.75) is 31.4 Å². The van der Waals surface area contributed by atoms with Gasteiger partial charge in [0, 0.05) is 19.2 Å². The Bertz CT molecular complexity index is 277. The van der Waals surface area contributed by atoms with Crippen LogP contribution in [0.25, 0.3) is 0 Å². The molecule has 5 heteroatoms. The lowest BCUT2D eigenvalue weighted by atomic mass is 10.0. The van der Waals surface area contributed by atoms with Gasteiger partial charge in [0.05, 0.1) is 24.7 Å². The van der Waals surface area contributed by atoms with Crippen LogP contribution in [0.1, 0.15) is 19.8 Å². The predicted molar refractivity (Wildman–Crippen MR) is 63.8 cm³/mol. The van der Waals surface area contributed by atoms with E-state index in [2.05, 4.69) is 17.6 Å². The first-order valence-corrected chi connectivity index (χ1v) is 6.31. The van der Waals surface area contributed by atoms with Crippen molar-refractivity contribution in [1.29, 1.82) is 0 Å². The van der Waals surface area contributed by atoms with E-state index in [4.69, 9.17) is 9.47 Å². The van der Waals surface area contributed by atoms with E-state index in [0.717, 1.165) is 19.4 Å². The molecule has 1 amide bonds. The maximum absolute atomic E-state index is 12.0. The smallest absolute Gasteiger partial charge is 0.227 e. The fourth-order valence-corrected chi connectivity index (χ4v) is 2.48. The zero-order chi connectivity index (χ0) is 12.3. The Balaban J connectivity index is 1.80. The second kappa shape index (κ2) is 5.33. The molecule has 98 valence electrons. The van der Waals surface area contributed by atoms with Crippen molar-refractivity contribution < 1.29 is 14.3 Å². The van der Waals surface area contributed by atoms with Crippen LogP contribution < -0.4 is 10.6 Å². The molecule has 2 aliphatic rings. The highest BCUT2D eigenvalue weighted by Crippen LogP contribution is 2.24. The Kier molecular flexibility index (Phi) is 4.01. The summed E-state index contributed by atoms with van der Waals surface area (Å²) < 4.78 is 11.0. The molecular formula is C12H22N2O3. The summed E-state index contributed by atoms with van der Waals surface area (Å²) in [4.78, 5) is 12.0. The van der Waals surface area contributed by atoms with Gasteiger partial charge >= 0.3 is 0 Å². The lowest BCUT2D eigenvalue weighted by Crippen LogP contribution is -2.47. The van der Waals surface area contributed by atoms with Gasteiger partial charge in [-0.3, -0.25) is 4.79 Å². The topological polar surface area (TPSA) is 59.6 Å². The van der Waals surface area contributed by atoms with Gasteiger partial charge in [-0.25, -0.2) is 0 Å². The van der Waals surface area contributed by atoms with Crippen molar-refractivity contribution in [3.8, 4) is 0 Å². The summed E-state index contributed by atoms with van der Waals surface area (Å²) in [5, 5.41) is 6.10. The van der Waals surface area contributed by atoms with Crippen LogP contribution in [0.5, 0.6) is 0 Å². The van der Waals surface area contributed by atoms with E-state index < -0.39 is 0 Å². The standard InChI is InChI=1S/C12H22N2O3/c1-12(4-3-5-17-12)8-14-11(15)9-6-16-7-10(9)13-2/h9-10,13H,3-8H2,1-2H3,(H,14,15). The van der Waals surface area contributed by atoms with Crippen molar-refractivity contribution in [1.82, 2.24) is 10.6 Å². The molecule has 3 unspecified atom stereocenters. The van der Waals surface area contributed by atoms with E-state index in [1.54, 1.807) is 0 Å². The normalized spacial score (nSPS) is 37.3. The van der Waals surface area contributed by atoms with Gasteiger partial charge in [-0.15, -0.1) is 0 Å². The minimum atomic E-state index is -0.176. The summed E-state index contributed by atoms with van der Waals surface area (Å²) in [7, 11) is 1.86. The van der Waals surface area contributed by atoms with Crippen LogP contribution in [0, 0.1) is 5.92 Å². The highest BCUT2D eigenvalue weighted by Gasteiger charge is 2.35. The third kappa shape index (κ3) is 2.97. The first kappa shape index (κ1) is 12.8. The molecule has 0 saturated carbocycles. The number of likely N-dealkylation sites (N-methyl/N-ethyl adjacent to an activating group) is 1. The third-order valence-electron chi connectivity index (χ3n) is 3.73. The van der Waals surface area contributed by atoms with Gasteiger partial charge < -0.3 is 20.1 Å². The van der Waals surface area contributed by atoms with Crippen molar-refractivity contribution in [3.05, 3.63) is 0 Å². The van der Waals surface area contributed by atoms with Crippen LogP contribution in [0.4, 0.5) is 0 Å². The molecule has 17 heavy (non-hydrogen) atoms. The van der Waals surface area contributed by atoms with E-state index in [1.165, 1.54) is 0 Å². The Morgan fingerprint density at radius 2 is 2.29 bits per heavy atom. The Morgan fingerprint density at radius 3 is 2.94 bits per heavy atom. The minimum Gasteiger partial charge on any atom is -0.379 e. The van der Waals surface area contributed by atoms with Gasteiger partial charge in [-0.1, -0.05) is 0 Å². The maximum Gasteiger partial charge on any atom is 0.227 e. The molecule has 0 spiro atoms. The number of hydrogen-bond donors (Lipinski definition) is 2. The van der Waals surface area contributed by atoms with Crippen LogP contribution in [-0.4, -0.2) is 51.0 Å². The van der Waals surface area contributed by atoms with E-state index in [1.807, 2.05) is 7.05 Å². The van der Waals surface area contributed by atoms with Crippen molar-refractivity contribution in [2.75, 3.05) is 33.4 Å². The van der Waals surface area contributed by atoms with Crippen LogP contribution in [-0.2, 0) is 14.3 Å². The zero-order valence-electron chi connectivity index (χ0n) is 10.6. The van der Waals surface area contributed by atoms with E-state index in [9.17, 15) is 4.79 Å². The van der Waals surface area contributed by atoms with E-state index >= 15 is 0 Å². The summed E-state index contributed by atoms with van der Waals surface area (Å²) in [5.41, 5.74) is -0.176. The quantitative estimate of drug-likeness (QED) is 0.723. The number of nitrogens with one attached hydrogen (secondary N) is 2. The van der Waals surface area contributed by atoms with Gasteiger partial charge in [0.1, 0.15) is 0 Å². The fourth-order valence-electron chi connectivity index (χ4n) is 2.48. The molecule has 2 saturated heterocycles. The minimum absolute atomic E-state index is 0.0681. The van der Waals surface area contributed by atoms with Crippen LogP contribution in [0.15, 0.2) is 0 Å². The van der Waals surface area contributed by atoms with Gasteiger partial charge in [0.25, 0.3) is 0 Å². The SMILES string of the molecule is CNC1COCC1C(=O)NCC1(C)CCCO1. The molecule has 3 atom stereocenters.